The molecule has 1 heterocycles. The van der Waals surface area contributed by atoms with E-state index in [1.807, 2.05) is 0 Å². The molecule has 0 radical (unpaired) electrons. The summed E-state index contributed by atoms with van der Waals surface area (Å²) in [5.74, 6) is -0.912. The second-order valence-corrected chi connectivity index (χ2v) is 9.36. The van der Waals surface area contributed by atoms with Gasteiger partial charge in [-0.3, -0.25) is 4.79 Å². The molecule has 1 aromatic heterocycles. The number of aromatic hydroxyl groups is 1. The smallest absolute Gasteiger partial charge is 0.338 e. The molecule has 4 aromatic rings. The lowest BCUT2D eigenvalue weighted by Crippen LogP contribution is -2.31. The van der Waals surface area contributed by atoms with Crippen LogP contribution < -0.4 is 20.2 Å². The zero-order valence-corrected chi connectivity index (χ0v) is 20.9. The van der Waals surface area contributed by atoms with Gasteiger partial charge in [-0.25, -0.2) is 9.59 Å². The summed E-state index contributed by atoms with van der Waals surface area (Å²) < 4.78 is 6.04. The molecule has 9 heteroatoms. The Balaban J connectivity index is 1.70. The minimum atomic E-state index is -0.874. The number of ether oxygens (including phenoxy) is 1. The molecule has 4 rings (SSSR count). The van der Waals surface area contributed by atoms with Crippen LogP contribution in [0, 0.1) is 5.41 Å². The number of hydrogen-bond donors (Lipinski definition) is 3. The first-order valence-corrected chi connectivity index (χ1v) is 11.5. The molecule has 190 valence electrons. The number of nitrogens with zero attached hydrogens (tertiary/aromatic N) is 1. The summed E-state index contributed by atoms with van der Waals surface area (Å²) in [6, 6.07) is 19.5. The molecule has 0 saturated heterocycles. The Kier molecular flexibility index (Phi) is 6.88. The highest BCUT2D eigenvalue weighted by molar-refractivity contribution is 6.18. The summed E-state index contributed by atoms with van der Waals surface area (Å²) in [6.07, 6.45) is 0. The summed E-state index contributed by atoms with van der Waals surface area (Å²) in [6.45, 7) is 5.01. The summed E-state index contributed by atoms with van der Waals surface area (Å²) in [5.41, 5.74) is 0.604. The third kappa shape index (κ3) is 5.40. The van der Waals surface area contributed by atoms with Crippen LogP contribution in [0.25, 0.3) is 10.9 Å². The van der Waals surface area contributed by atoms with E-state index in [2.05, 4.69) is 10.6 Å². The van der Waals surface area contributed by atoms with Gasteiger partial charge in [-0.15, -0.1) is 4.73 Å². The van der Waals surface area contributed by atoms with Gasteiger partial charge in [0, 0.05) is 22.3 Å². The monoisotopic (exact) mass is 501 g/mol. The number of methoxy groups -OCH3 is 1. The first-order chi connectivity index (χ1) is 17.6. The number of fused-ring (bicyclic) bond motifs is 1. The predicted molar refractivity (Wildman–Crippen MR) is 140 cm³/mol. The molecule has 0 saturated carbocycles. The second-order valence-electron chi connectivity index (χ2n) is 9.36. The number of hydrogen-bond acceptors (Lipinski definition) is 6. The van der Waals surface area contributed by atoms with Gasteiger partial charge in [-0.05, 0) is 63.2 Å². The number of nitrogens with one attached hydrogen (secondary N) is 2. The van der Waals surface area contributed by atoms with Crippen molar-refractivity contribution in [2.24, 2.45) is 5.41 Å². The molecule has 0 bridgehead atoms. The van der Waals surface area contributed by atoms with E-state index in [0.29, 0.717) is 28.1 Å². The van der Waals surface area contributed by atoms with Gasteiger partial charge in [0.15, 0.2) is 5.78 Å². The van der Waals surface area contributed by atoms with Crippen LogP contribution in [-0.4, -0.2) is 34.7 Å². The fraction of sp³-hybridized carbons (Fsp3) is 0.179. The number of benzene rings is 3. The van der Waals surface area contributed by atoms with Crippen molar-refractivity contribution < 1.29 is 29.1 Å². The van der Waals surface area contributed by atoms with Crippen LogP contribution in [0.15, 0.2) is 72.8 Å². The van der Waals surface area contributed by atoms with Crippen molar-refractivity contribution in [3.8, 4) is 11.6 Å². The average molecular weight is 502 g/mol. The van der Waals surface area contributed by atoms with Gasteiger partial charge in [0.1, 0.15) is 5.75 Å². The minimum Gasteiger partial charge on any atom is -0.497 e. The molecule has 0 aliphatic rings. The molecule has 2 amide bonds. The first kappa shape index (κ1) is 25.3. The lowest BCUT2D eigenvalue weighted by molar-refractivity contribution is -0.153. The van der Waals surface area contributed by atoms with Crippen LogP contribution in [0.3, 0.4) is 0 Å². The van der Waals surface area contributed by atoms with E-state index in [1.165, 1.54) is 6.07 Å². The fourth-order valence-electron chi connectivity index (χ4n) is 3.56. The van der Waals surface area contributed by atoms with E-state index >= 15 is 0 Å². The third-order valence-corrected chi connectivity index (χ3v) is 5.56. The Hall–Kier alpha value is -4.79. The highest BCUT2D eigenvalue weighted by Gasteiger charge is 2.30. The molecule has 0 atom stereocenters. The van der Waals surface area contributed by atoms with E-state index in [4.69, 9.17) is 9.57 Å². The normalized spacial score (nSPS) is 11.1. The van der Waals surface area contributed by atoms with E-state index in [0.717, 1.165) is 4.73 Å². The fourth-order valence-corrected chi connectivity index (χ4v) is 3.56. The standard InChI is InChI=1S/C28H27N3O6/c1-28(2,3)26(34)37-31-22-16-19(30-27(35)29-18-10-13-20(36-4)14-11-18)12-15-21(22)23(25(31)33)24(32)17-8-6-5-7-9-17/h5-16,33H,1-4H3,(H2,29,30,35). The molecule has 0 fully saturated rings. The molecule has 0 unspecified atom stereocenters. The first-order valence-electron chi connectivity index (χ1n) is 11.5. The Morgan fingerprint density at radius 2 is 1.49 bits per heavy atom. The van der Waals surface area contributed by atoms with Gasteiger partial charge >= 0.3 is 12.0 Å². The van der Waals surface area contributed by atoms with Crippen molar-refractivity contribution in [3.63, 3.8) is 0 Å². The summed E-state index contributed by atoms with van der Waals surface area (Å²) >= 11 is 0. The number of ketones is 1. The van der Waals surface area contributed by atoms with Gasteiger partial charge < -0.3 is 25.3 Å². The SMILES string of the molecule is COc1ccc(NC(=O)Nc2ccc3c(C(=O)c4ccccc4)c(O)n(OC(=O)C(C)(C)C)c3c2)cc1. The van der Waals surface area contributed by atoms with E-state index in [1.54, 1.807) is 94.6 Å². The van der Waals surface area contributed by atoms with Gasteiger partial charge in [0.25, 0.3) is 0 Å². The predicted octanol–water partition coefficient (Wildman–Crippen LogP) is 5.23. The van der Waals surface area contributed by atoms with E-state index in [-0.39, 0.29) is 11.1 Å². The summed E-state index contributed by atoms with van der Waals surface area (Å²) in [5, 5.41) is 16.8. The summed E-state index contributed by atoms with van der Waals surface area (Å²) in [7, 11) is 1.55. The quantitative estimate of drug-likeness (QED) is 0.311. The van der Waals surface area contributed by atoms with Gasteiger partial charge in [0.2, 0.25) is 5.88 Å². The van der Waals surface area contributed by atoms with Crippen LogP contribution in [0.2, 0.25) is 0 Å². The maximum Gasteiger partial charge on any atom is 0.338 e. The lowest BCUT2D eigenvalue weighted by atomic mass is 9.98. The van der Waals surface area contributed by atoms with Crippen LogP contribution in [0.1, 0.15) is 36.7 Å². The Labute approximate surface area is 213 Å². The van der Waals surface area contributed by atoms with Crippen LogP contribution in [0.5, 0.6) is 11.6 Å². The Bertz CT molecular complexity index is 1470. The molecular formula is C28H27N3O6. The molecule has 3 aromatic carbocycles. The molecule has 0 aliphatic carbocycles. The summed E-state index contributed by atoms with van der Waals surface area (Å²) in [4.78, 5) is 44.0. The Morgan fingerprint density at radius 1 is 0.865 bits per heavy atom. The zero-order valence-electron chi connectivity index (χ0n) is 20.9. The molecule has 3 N–H and O–H groups in total. The highest BCUT2D eigenvalue weighted by Crippen LogP contribution is 2.34. The third-order valence-electron chi connectivity index (χ3n) is 5.56. The number of urea groups is 1. The number of aromatic nitrogens is 1. The number of amides is 2. The van der Waals surface area contributed by atoms with Gasteiger partial charge in [-0.2, -0.15) is 0 Å². The van der Waals surface area contributed by atoms with Gasteiger partial charge in [-0.1, -0.05) is 30.3 Å². The maximum absolute atomic E-state index is 13.3. The molecule has 37 heavy (non-hydrogen) atoms. The van der Waals surface area contributed by atoms with Crippen molar-refractivity contribution in [2.45, 2.75) is 20.8 Å². The van der Waals surface area contributed by atoms with Crippen LogP contribution >= 0.6 is 0 Å². The number of carbonyl (C=O) groups excluding carboxylic acids is 3. The van der Waals surface area contributed by atoms with E-state index in [9.17, 15) is 19.5 Å². The molecular weight excluding hydrogens is 474 g/mol. The lowest BCUT2D eigenvalue weighted by Gasteiger charge is -2.17. The van der Waals surface area contributed by atoms with Crippen LogP contribution in [-0.2, 0) is 4.79 Å². The van der Waals surface area contributed by atoms with Gasteiger partial charge in [0.05, 0.1) is 23.6 Å². The zero-order chi connectivity index (χ0) is 26.7. The number of anilines is 2. The van der Waals surface area contributed by atoms with Crippen molar-refractivity contribution in [3.05, 3.63) is 83.9 Å². The van der Waals surface area contributed by atoms with Crippen molar-refractivity contribution in [1.29, 1.82) is 0 Å². The maximum atomic E-state index is 13.3. The minimum absolute atomic E-state index is 0.0165. The van der Waals surface area contributed by atoms with Crippen LogP contribution in [0.4, 0.5) is 16.2 Å². The number of carbonyl (C=O) groups is 3. The van der Waals surface area contributed by atoms with Crippen molar-refractivity contribution in [2.75, 3.05) is 17.7 Å². The van der Waals surface area contributed by atoms with Crippen molar-refractivity contribution >= 4 is 40.1 Å². The molecule has 9 nitrogen and oxygen atoms in total. The molecule has 0 spiro atoms. The number of rotatable bonds is 6. The molecule has 0 aliphatic heterocycles. The Morgan fingerprint density at radius 3 is 2.11 bits per heavy atom. The van der Waals surface area contributed by atoms with E-state index < -0.39 is 29.1 Å². The average Bonchev–Trinajstić information content (AvgIpc) is 3.14. The topological polar surface area (TPSA) is 119 Å². The highest BCUT2D eigenvalue weighted by atomic mass is 16.7. The largest absolute Gasteiger partial charge is 0.497 e. The van der Waals surface area contributed by atoms with Crippen molar-refractivity contribution in [1.82, 2.24) is 4.73 Å². The second kappa shape index (κ2) is 10.1.